The van der Waals surface area contributed by atoms with E-state index in [-0.39, 0.29) is 30.4 Å². The molecule has 0 aromatic heterocycles. The van der Waals surface area contributed by atoms with Gasteiger partial charge in [-0.1, -0.05) is 12.1 Å². The van der Waals surface area contributed by atoms with Crippen LogP contribution in [0, 0.1) is 28.6 Å². The van der Waals surface area contributed by atoms with Gasteiger partial charge in [-0.15, -0.1) is 0 Å². The first-order chi connectivity index (χ1) is 16.8. The van der Waals surface area contributed by atoms with E-state index in [1.807, 2.05) is 31.2 Å². The van der Waals surface area contributed by atoms with Gasteiger partial charge in [0.2, 0.25) is 5.91 Å². The Bertz CT molecular complexity index is 866. The van der Waals surface area contributed by atoms with Gasteiger partial charge in [-0.05, 0) is 106 Å². The van der Waals surface area contributed by atoms with E-state index >= 15 is 0 Å². The third kappa shape index (κ3) is 7.36. The highest BCUT2D eigenvalue weighted by Crippen LogP contribution is 2.61. The predicted molar refractivity (Wildman–Crippen MR) is 134 cm³/mol. The van der Waals surface area contributed by atoms with E-state index in [4.69, 9.17) is 20.6 Å². The normalized spacial score (nSPS) is 27.2. The SMILES string of the molecule is C[C@H](Cc1ccc(OCCCC(=O)NC(=N)N)cc1)NC(=O)OCCC12CC3CC(CC(C3)C1)C2. The van der Waals surface area contributed by atoms with Crippen molar-refractivity contribution in [3.05, 3.63) is 29.8 Å². The minimum Gasteiger partial charge on any atom is -0.494 e. The molecular weight excluding hydrogens is 444 g/mol. The molecule has 4 bridgehead atoms. The number of nitrogens with one attached hydrogen (secondary N) is 3. The van der Waals surface area contributed by atoms with Crippen LogP contribution in [0.3, 0.4) is 0 Å². The van der Waals surface area contributed by atoms with Crippen molar-refractivity contribution in [3.8, 4) is 5.75 Å². The molecule has 1 atom stereocenters. The number of amides is 2. The molecule has 0 heterocycles. The number of benzene rings is 1. The Morgan fingerprint density at radius 1 is 1.09 bits per heavy atom. The molecule has 0 unspecified atom stereocenters. The standard InChI is InChI=1S/C27H40N4O4/c1-18(11-19-4-6-23(7-5-19)34-9-2-3-24(32)31-25(28)29)30-26(33)35-10-8-27-15-20-12-21(16-27)14-22(13-20)17-27/h4-7,18,20-22H,2-3,8-17H2,1H3,(H,30,33)(H4,28,29,31,32)/t18-,20?,21?,22?,27?/m1/s1. The van der Waals surface area contributed by atoms with E-state index < -0.39 is 0 Å². The molecule has 0 radical (unpaired) electrons. The molecule has 0 spiro atoms. The third-order valence-corrected chi connectivity index (χ3v) is 7.95. The molecule has 0 aliphatic heterocycles. The van der Waals surface area contributed by atoms with Crippen LogP contribution in [0.4, 0.5) is 4.79 Å². The van der Waals surface area contributed by atoms with Crippen LogP contribution in [0.15, 0.2) is 24.3 Å². The monoisotopic (exact) mass is 484 g/mol. The van der Waals surface area contributed by atoms with E-state index in [1.54, 1.807) is 0 Å². The lowest BCUT2D eigenvalue weighted by Gasteiger charge is -2.57. The molecule has 2 amide bonds. The zero-order chi connectivity index (χ0) is 24.8. The van der Waals surface area contributed by atoms with E-state index in [9.17, 15) is 9.59 Å². The summed E-state index contributed by atoms with van der Waals surface area (Å²) in [6.45, 7) is 2.90. The highest BCUT2D eigenvalue weighted by atomic mass is 16.5. The zero-order valence-corrected chi connectivity index (χ0v) is 20.8. The number of ether oxygens (including phenoxy) is 2. The fourth-order valence-corrected chi connectivity index (χ4v) is 6.96. The van der Waals surface area contributed by atoms with Crippen LogP contribution < -0.4 is 21.1 Å². The number of nitrogens with two attached hydrogens (primary N) is 1. The van der Waals surface area contributed by atoms with Crippen LogP contribution in [0.2, 0.25) is 0 Å². The first kappa shape index (κ1) is 25.3. The largest absolute Gasteiger partial charge is 0.494 e. The van der Waals surface area contributed by atoms with Gasteiger partial charge in [0.15, 0.2) is 5.96 Å². The molecule has 5 rings (SSSR count). The van der Waals surface area contributed by atoms with Crippen molar-refractivity contribution in [2.75, 3.05) is 13.2 Å². The molecule has 35 heavy (non-hydrogen) atoms. The summed E-state index contributed by atoms with van der Waals surface area (Å²) in [5.41, 5.74) is 6.66. The molecule has 5 N–H and O–H groups in total. The van der Waals surface area contributed by atoms with Gasteiger partial charge in [-0.2, -0.15) is 0 Å². The maximum Gasteiger partial charge on any atom is 0.407 e. The van der Waals surface area contributed by atoms with Crippen LogP contribution in [-0.4, -0.2) is 37.2 Å². The van der Waals surface area contributed by atoms with E-state index in [0.717, 1.165) is 35.5 Å². The summed E-state index contributed by atoms with van der Waals surface area (Å²) in [6.07, 6.45) is 10.5. The summed E-state index contributed by atoms with van der Waals surface area (Å²) >= 11 is 0. The van der Waals surface area contributed by atoms with Gasteiger partial charge in [-0.3, -0.25) is 15.5 Å². The Morgan fingerprint density at radius 2 is 1.71 bits per heavy atom. The Hall–Kier alpha value is -2.77. The Morgan fingerprint density at radius 3 is 2.31 bits per heavy atom. The van der Waals surface area contributed by atoms with Crippen molar-refractivity contribution < 1.29 is 19.1 Å². The summed E-state index contributed by atoms with van der Waals surface area (Å²) in [6, 6.07) is 7.71. The summed E-state index contributed by atoms with van der Waals surface area (Å²) in [5.74, 6) is 2.86. The predicted octanol–water partition coefficient (Wildman–Crippen LogP) is 4.12. The fourth-order valence-electron chi connectivity index (χ4n) is 6.96. The number of hydrogen-bond donors (Lipinski definition) is 4. The smallest absolute Gasteiger partial charge is 0.407 e. The molecule has 8 heteroatoms. The molecular formula is C27H40N4O4. The molecule has 4 saturated carbocycles. The highest BCUT2D eigenvalue weighted by molar-refractivity contribution is 5.94. The maximum atomic E-state index is 12.3. The van der Waals surface area contributed by atoms with Crippen LogP contribution in [0.1, 0.15) is 70.3 Å². The topological polar surface area (TPSA) is 127 Å². The van der Waals surface area contributed by atoms with Crippen molar-refractivity contribution >= 4 is 18.0 Å². The first-order valence-corrected chi connectivity index (χ1v) is 13.1. The lowest BCUT2D eigenvalue weighted by atomic mass is 9.49. The quantitative estimate of drug-likeness (QED) is 0.213. The average molecular weight is 485 g/mol. The second kappa shape index (κ2) is 11.3. The Balaban J connectivity index is 1.10. The number of rotatable bonds is 11. The van der Waals surface area contributed by atoms with Gasteiger partial charge in [0.1, 0.15) is 5.75 Å². The van der Waals surface area contributed by atoms with Crippen molar-refractivity contribution in [2.45, 2.75) is 77.2 Å². The van der Waals surface area contributed by atoms with Crippen molar-refractivity contribution in [3.63, 3.8) is 0 Å². The first-order valence-electron chi connectivity index (χ1n) is 13.1. The third-order valence-electron chi connectivity index (χ3n) is 7.95. The molecule has 8 nitrogen and oxygen atoms in total. The van der Waals surface area contributed by atoms with E-state index in [0.29, 0.717) is 31.5 Å². The van der Waals surface area contributed by atoms with Gasteiger partial charge in [0, 0.05) is 12.5 Å². The lowest BCUT2D eigenvalue weighted by molar-refractivity contribution is -0.119. The second-order valence-corrected chi connectivity index (χ2v) is 11.1. The van der Waals surface area contributed by atoms with Crippen LogP contribution in [-0.2, 0) is 16.0 Å². The molecule has 4 fully saturated rings. The van der Waals surface area contributed by atoms with Gasteiger partial charge in [0.05, 0.1) is 13.2 Å². The van der Waals surface area contributed by atoms with Gasteiger partial charge >= 0.3 is 6.09 Å². The maximum absolute atomic E-state index is 12.3. The number of carbonyl (C=O) groups is 2. The zero-order valence-electron chi connectivity index (χ0n) is 20.8. The Labute approximate surface area is 208 Å². The lowest BCUT2D eigenvalue weighted by Crippen LogP contribution is -2.46. The summed E-state index contributed by atoms with van der Waals surface area (Å²) < 4.78 is 11.2. The van der Waals surface area contributed by atoms with Gasteiger partial charge < -0.3 is 20.5 Å². The van der Waals surface area contributed by atoms with Crippen molar-refractivity contribution in [2.24, 2.45) is 28.9 Å². The van der Waals surface area contributed by atoms with E-state index in [2.05, 4.69) is 10.6 Å². The average Bonchev–Trinajstić information content (AvgIpc) is 2.76. The number of guanidine groups is 1. The number of carbonyl (C=O) groups excluding carboxylic acids is 2. The summed E-state index contributed by atoms with van der Waals surface area (Å²) in [4.78, 5) is 23.8. The van der Waals surface area contributed by atoms with Crippen molar-refractivity contribution in [1.29, 1.82) is 5.41 Å². The Kier molecular flexibility index (Phi) is 8.19. The molecule has 0 saturated heterocycles. The number of hydrogen-bond acceptors (Lipinski definition) is 5. The van der Waals surface area contributed by atoms with Gasteiger partial charge in [0.25, 0.3) is 0 Å². The van der Waals surface area contributed by atoms with E-state index in [1.165, 1.54) is 38.5 Å². The fraction of sp³-hybridized carbons (Fsp3) is 0.667. The second-order valence-electron chi connectivity index (χ2n) is 11.1. The highest BCUT2D eigenvalue weighted by Gasteiger charge is 2.50. The molecule has 192 valence electrons. The van der Waals surface area contributed by atoms with Crippen LogP contribution in [0.5, 0.6) is 5.75 Å². The van der Waals surface area contributed by atoms with Crippen LogP contribution >= 0.6 is 0 Å². The minimum atomic E-state index is -0.346. The molecule has 1 aromatic rings. The molecule has 4 aliphatic carbocycles. The summed E-state index contributed by atoms with van der Waals surface area (Å²) in [7, 11) is 0. The molecule has 4 aliphatic rings. The van der Waals surface area contributed by atoms with Gasteiger partial charge in [-0.25, -0.2) is 4.79 Å². The minimum absolute atomic E-state index is 0.0337. The molecule has 1 aromatic carbocycles. The van der Waals surface area contributed by atoms with Crippen LogP contribution in [0.25, 0.3) is 0 Å². The number of alkyl carbamates (subject to hydrolysis) is 1. The summed E-state index contributed by atoms with van der Waals surface area (Å²) in [5, 5.41) is 12.2. The van der Waals surface area contributed by atoms with Crippen molar-refractivity contribution in [1.82, 2.24) is 10.6 Å².